The highest BCUT2D eigenvalue weighted by Crippen LogP contribution is 2.28. The highest BCUT2D eigenvalue weighted by molar-refractivity contribution is 6.19. The Morgan fingerprint density at radius 1 is 1.25 bits per heavy atom. The first-order valence-corrected chi connectivity index (χ1v) is 9.43. The maximum Gasteiger partial charge on any atom is 0.248 e. The molecule has 0 bridgehead atoms. The fraction of sp³-hybridized carbons (Fsp3) is 0.217. The summed E-state index contributed by atoms with van der Waals surface area (Å²) in [6.07, 6.45) is 7.56. The molecule has 144 valence electrons. The molecule has 1 aliphatic rings. The maximum absolute atomic E-state index is 12.4. The van der Waals surface area contributed by atoms with E-state index in [0.29, 0.717) is 5.70 Å². The first-order valence-electron chi connectivity index (χ1n) is 9.43. The van der Waals surface area contributed by atoms with Gasteiger partial charge in [-0.1, -0.05) is 68.0 Å². The quantitative estimate of drug-likeness (QED) is 0.588. The zero-order valence-corrected chi connectivity index (χ0v) is 16.2. The zero-order valence-electron chi connectivity index (χ0n) is 16.2. The van der Waals surface area contributed by atoms with Gasteiger partial charge < -0.3 is 4.90 Å². The predicted octanol–water partition coefficient (Wildman–Crippen LogP) is 4.18. The van der Waals surface area contributed by atoms with Crippen LogP contribution >= 0.6 is 0 Å². The molecule has 0 radical (unpaired) electrons. The van der Waals surface area contributed by atoms with Gasteiger partial charge in [0, 0.05) is 18.2 Å². The van der Waals surface area contributed by atoms with Crippen molar-refractivity contribution in [2.75, 3.05) is 18.5 Å². The van der Waals surface area contributed by atoms with Crippen LogP contribution in [0.3, 0.4) is 0 Å². The highest BCUT2D eigenvalue weighted by Gasteiger charge is 2.22. The third-order valence-corrected chi connectivity index (χ3v) is 4.67. The Hall–Kier alpha value is -3.18. The lowest BCUT2D eigenvalue weighted by Gasteiger charge is -2.18. The number of fused-ring (bicyclic) bond motifs is 1. The predicted molar refractivity (Wildman–Crippen MR) is 114 cm³/mol. The number of allylic oxidation sites excluding steroid dienone is 2. The lowest BCUT2D eigenvalue weighted by atomic mass is 9.98. The molecule has 0 saturated heterocycles. The topological polar surface area (TPSA) is 64.9 Å². The minimum absolute atomic E-state index is 0.0473. The van der Waals surface area contributed by atoms with Gasteiger partial charge in [0.25, 0.3) is 0 Å². The van der Waals surface area contributed by atoms with Gasteiger partial charge in [0.1, 0.15) is 6.54 Å². The number of carbonyl (C=O) groups is 1. The van der Waals surface area contributed by atoms with Crippen molar-refractivity contribution in [3.05, 3.63) is 83.1 Å². The van der Waals surface area contributed by atoms with Crippen LogP contribution in [-0.4, -0.2) is 30.4 Å². The number of rotatable bonds is 6. The van der Waals surface area contributed by atoms with Gasteiger partial charge in [0.2, 0.25) is 5.91 Å². The Morgan fingerprint density at radius 2 is 2.04 bits per heavy atom. The summed E-state index contributed by atoms with van der Waals surface area (Å²) in [6.45, 7) is 2.21. The number of amides is 1. The van der Waals surface area contributed by atoms with E-state index in [9.17, 15) is 10.0 Å². The minimum Gasteiger partial charge on any atom is -0.313 e. The molecule has 0 aliphatic carbocycles. The lowest BCUT2D eigenvalue weighted by Crippen LogP contribution is -2.27. The molecule has 3 rings (SSSR count). The van der Waals surface area contributed by atoms with Crippen molar-refractivity contribution in [1.29, 1.82) is 0 Å². The van der Waals surface area contributed by atoms with E-state index >= 15 is 0 Å². The van der Waals surface area contributed by atoms with Gasteiger partial charge in [0.15, 0.2) is 0 Å². The van der Waals surface area contributed by atoms with E-state index in [-0.39, 0.29) is 12.5 Å². The molecule has 2 aromatic carbocycles. The summed E-state index contributed by atoms with van der Waals surface area (Å²) in [6, 6.07) is 15.9. The van der Waals surface area contributed by atoms with Crippen LogP contribution < -0.4 is 10.4 Å². The van der Waals surface area contributed by atoms with Gasteiger partial charge in [-0.05, 0) is 24.1 Å². The van der Waals surface area contributed by atoms with Crippen LogP contribution in [0, 0.1) is 0 Å². The SMILES string of the molecule is CCC/C=C(/C=C/c1ccc2c(c1)N(C)C(=O)CN=C2c1ccccc1)NO. The van der Waals surface area contributed by atoms with Crippen LogP contribution in [0.5, 0.6) is 0 Å². The van der Waals surface area contributed by atoms with Crippen LogP contribution in [0.4, 0.5) is 5.69 Å². The second-order valence-corrected chi connectivity index (χ2v) is 6.65. The summed E-state index contributed by atoms with van der Waals surface area (Å²) >= 11 is 0. The molecule has 2 N–H and O–H groups in total. The van der Waals surface area contributed by atoms with Crippen molar-refractivity contribution >= 4 is 23.4 Å². The number of aliphatic imine (C=N–C) groups is 1. The molecule has 0 saturated carbocycles. The Bertz CT molecular complexity index is 930. The number of likely N-dealkylation sites (N-methyl/N-ethyl adjacent to an activating group) is 1. The fourth-order valence-electron chi connectivity index (χ4n) is 3.08. The maximum atomic E-state index is 12.4. The van der Waals surface area contributed by atoms with E-state index in [4.69, 9.17) is 0 Å². The number of anilines is 1. The van der Waals surface area contributed by atoms with Crippen LogP contribution in [0.2, 0.25) is 0 Å². The molecule has 5 heteroatoms. The second kappa shape index (κ2) is 9.15. The van der Waals surface area contributed by atoms with E-state index in [2.05, 4.69) is 17.4 Å². The molecule has 0 aromatic heterocycles. The number of nitrogens with one attached hydrogen (secondary N) is 1. The Morgan fingerprint density at radius 3 is 2.75 bits per heavy atom. The van der Waals surface area contributed by atoms with Crippen LogP contribution in [0.25, 0.3) is 6.08 Å². The highest BCUT2D eigenvalue weighted by atomic mass is 16.5. The lowest BCUT2D eigenvalue weighted by molar-refractivity contribution is -0.116. The normalized spacial score (nSPS) is 14.7. The second-order valence-electron chi connectivity index (χ2n) is 6.65. The molecule has 0 unspecified atom stereocenters. The molecular weight excluding hydrogens is 350 g/mol. The Kier molecular flexibility index (Phi) is 6.40. The zero-order chi connectivity index (χ0) is 19.9. The number of benzene rings is 2. The van der Waals surface area contributed by atoms with Crippen LogP contribution in [-0.2, 0) is 4.79 Å². The number of hydroxylamine groups is 1. The number of benzodiazepines with no additional fused rings is 1. The number of hydrogen-bond acceptors (Lipinski definition) is 4. The van der Waals surface area contributed by atoms with Crippen LogP contribution in [0.1, 0.15) is 36.5 Å². The van der Waals surface area contributed by atoms with Gasteiger partial charge >= 0.3 is 0 Å². The van der Waals surface area contributed by atoms with Gasteiger partial charge in [-0.3, -0.25) is 20.5 Å². The Balaban J connectivity index is 2.00. The Labute approximate surface area is 165 Å². The fourth-order valence-corrected chi connectivity index (χ4v) is 3.08. The third-order valence-electron chi connectivity index (χ3n) is 4.67. The van der Waals surface area contributed by atoms with E-state index in [0.717, 1.165) is 40.9 Å². The van der Waals surface area contributed by atoms with Gasteiger partial charge in [0.05, 0.1) is 17.1 Å². The van der Waals surface area contributed by atoms with E-state index < -0.39 is 0 Å². The van der Waals surface area contributed by atoms with E-state index in [1.807, 2.05) is 66.8 Å². The van der Waals surface area contributed by atoms with Crippen molar-refractivity contribution in [1.82, 2.24) is 5.48 Å². The minimum atomic E-state index is -0.0473. The number of nitrogens with zero attached hydrogens (tertiary/aromatic N) is 2. The monoisotopic (exact) mass is 375 g/mol. The standard InChI is InChI=1S/C23H25N3O2/c1-3-4-10-19(25-28)13-11-17-12-14-20-21(15-17)26(2)22(27)16-24-23(20)18-8-6-5-7-9-18/h5-15,25,28H,3-4,16H2,1-2H3/b13-11+,19-10-. The van der Waals surface area contributed by atoms with Gasteiger partial charge in [-0.2, -0.15) is 0 Å². The molecule has 2 aromatic rings. The molecule has 0 spiro atoms. The summed E-state index contributed by atoms with van der Waals surface area (Å²) in [5, 5.41) is 9.26. The van der Waals surface area contributed by atoms with E-state index in [1.165, 1.54) is 0 Å². The molecule has 1 aliphatic heterocycles. The number of carbonyl (C=O) groups excluding carboxylic acids is 1. The first-order chi connectivity index (χ1) is 13.6. The summed E-state index contributed by atoms with van der Waals surface area (Å²) in [7, 11) is 1.78. The number of hydrogen-bond donors (Lipinski definition) is 2. The molecule has 5 nitrogen and oxygen atoms in total. The smallest absolute Gasteiger partial charge is 0.248 e. The summed E-state index contributed by atoms with van der Waals surface area (Å²) in [5.74, 6) is -0.0473. The molecule has 1 heterocycles. The third kappa shape index (κ3) is 4.38. The average molecular weight is 375 g/mol. The van der Waals surface area contributed by atoms with Gasteiger partial charge in [-0.25, -0.2) is 0 Å². The molecule has 28 heavy (non-hydrogen) atoms. The summed E-state index contributed by atoms with van der Waals surface area (Å²) in [4.78, 5) is 18.7. The molecule has 1 amide bonds. The molecular formula is C23H25N3O2. The first kappa shape index (κ1) is 19.6. The van der Waals surface area contributed by atoms with Crippen LogP contribution in [0.15, 0.2) is 71.4 Å². The largest absolute Gasteiger partial charge is 0.313 e. The number of unbranched alkanes of at least 4 members (excludes halogenated alkanes) is 1. The van der Waals surface area contributed by atoms with Gasteiger partial charge in [-0.15, -0.1) is 0 Å². The average Bonchev–Trinajstić information content (AvgIpc) is 2.86. The summed E-state index contributed by atoms with van der Waals surface area (Å²) < 4.78 is 0. The van der Waals surface area contributed by atoms with Crippen molar-refractivity contribution in [2.24, 2.45) is 4.99 Å². The summed E-state index contributed by atoms with van der Waals surface area (Å²) in [5.41, 5.74) is 7.36. The molecule has 0 atom stereocenters. The molecule has 0 fully saturated rings. The van der Waals surface area contributed by atoms with Crippen molar-refractivity contribution in [3.63, 3.8) is 0 Å². The van der Waals surface area contributed by atoms with E-state index in [1.54, 1.807) is 11.9 Å². The van der Waals surface area contributed by atoms with Crippen molar-refractivity contribution < 1.29 is 10.0 Å². The van der Waals surface area contributed by atoms with Crippen molar-refractivity contribution in [3.8, 4) is 0 Å². The van der Waals surface area contributed by atoms with Crippen molar-refractivity contribution in [2.45, 2.75) is 19.8 Å².